The number of anilines is 1. The van der Waals surface area contributed by atoms with E-state index in [4.69, 9.17) is 0 Å². The number of sulfone groups is 1. The summed E-state index contributed by atoms with van der Waals surface area (Å²) in [6.07, 6.45) is 1.56. The summed E-state index contributed by atoms with van der Waals surface area (Å²) < 4.78 is 25.6. The van der Waals surface area contributed by atoms with Crippen LogP contribution in [0.5, 0.6) is 0 Å². The predicted octanol–water partition coefficient (Wildman–Crippen LogP) is 3.62. The molecule has 2 aromatic carbocycles. The van der Waals surface area contributed by atoms with Gasteiger partial charge in [-0.15, -0.1) is 0 Å². The zero-order valence-electron chi connectivity index (χ0n) is 14.2. The summed E-state index contributed by atoms with van der Waals surface area (Å²) in [6.45, 7) is 1.71. The first-order valence-corrected chi connectivity index (χ1v) is 9.71. The van der Waals surface area contributed by atoms with Crippen molar-refractivity contribution in [3.8, 4) is 0 Å². The Bertz CT molecular complexity index is 1020. The van der Waals surface area contributed by atoms with Crippen LogP contribution in [0.1, 0.15) is 21.6 Å². The molecule has 6 heteroatoms. The third-order valence-corrected chi connectivity index (χ3v) is 5.67. The van der Waals surface area contributed by atoms with E-state index in [1.807, 2.05) is 18.2 Å². The average Bonchev–Trinajstić information content (AvgIpc) is 2.63. The minimum absolute atomic E-state index is 0.142. The third kappa shape index (κ3) is 4.15. The summed E-state index contributed by atoms with van der Waals surface area (Å²) in [6, 6.07) is 18.8. The molecule has 132 valence electrons. The van der Waals surface area contributed by atoms with Crippen molar-refractivity contribution in [3.05, 3.63) is 89.7 Å². The smallest absolute Gasteiger partial charge is 0.255 e. The Morgan fingerprint density at radius 3 is 2.42 bits per heavy atom. The van der Waals surface area contributed by atoms with Crippen LogP contribution < -0.4 is 5.32 Å². The van der Waals surface area contributed by atoms with Gasteiger partial charge in [0.25, 0.3) is 5.91 Å². The number of hydrogen-bond acceptors (Lipinski definition) is 4. The van der Waals surface area contributed by atoms with Gasteiger partial charge in [0.15, 0.2) is 9.84 Å². The van der Waals surface area contributed by atoms with Gasteiger partial charge in [-0.1, -0.05) is 30.3 Å². The second-order valence-corrected chi connectivity index (χ2v) is 7.84. The molecule has 5 nitrogen and oxygen atoms in total. The van der Waals surface area contributed by atoms with Crippen LogP contribution >= 0.6 is 0 Å². The van der Waals surface area contributed by atoms with Crippen molar-refractivity contribution in [2.24, 2.45) is 0 Å². The number of hydrogen-bond donors (Lipinski definition) is 1. The van der Waals surface area contributed by atoms with Crippen molar-refractivity contribution in [2.75, 3.05) is 5.32 Å². The van der Waals surface area contributed by atoms with Gasteiger partial charge < -0.3 is 5.32 Å². The topological polar surface area (TPSA) is 76.1 Å². The highest BCUT2D eigenvalue weighted by Crippen LogP contribution is 2.22. The first-order chi connectivity index (χ1) is 12.5. The van der Waals surface area contributed by atoms with Gasteiger partial charge in [-0.3, -0.25) is 9.78 Å². The van der Waals surface area contributed by atoms with Crippen molar-refractivity contribution in [3.63, 3.8) is 0 Å². The Hall–Kier alpha value is -2.99. The summed E-state index contributed by atoms with van der Waals surface area (Å²) >= 11 is 0. The SMILES string of the molecule is Cc1ccc(C(=O)Nc2ccccc2)cc1S(=O)(=O)Cc1ccccn1. The molecule has 0 saturated carbocycles. The predicted molar refractivity (Wildman–Crippen MR) is 101 cm³/mol. The van der Waals surface area contributed by atoms with Gasteiger partial charge in [-0.2, -0.15) is 0 Å². The maximum Gasteiger partial charge on any atom is 0.255 e. The van der Waals surface area contributed by atoms with E-state index >= 15 is 0 Å². The van der Waals surface area contributed by atoms with E-state index in [0.29, 0.717) is 22.5 Å². The fraction of sp³-hybridized carbons (Fsp3) is 0.100. The van der Waals surface area contributed by atoms with Gasteiger partial charge in [0, 0.05) is 17.4 Å². The van der Waals surface area contributed by atoms with Gasteiger partial charge in [-0.25, -0.2) is 8.42 Å². The zero-order chi connectivity index (χ0) is 18.6. The molecule has 0 saturated heterocycles. The van der Waals surface area contributed by atoms with E-state index < -0.39 is 9.84 Å². The summed E-state index contributed by atoms with van der Waals surface area (Å²) in [5.41, 5.74) is 2.00. The third-order valence-electron chi connectivity index (χ3n) is 3.88. The van der Waals surface area contributed by atoms with Crippen molar-refractivity contribution in [1.82, 2.24) is 4.98 Å². The van der Waals surface area contributed by atoms with Crippen molar-refractivity contribution in [1.29, 1.82) is 0 Å². The monoisotopic (exact) mass is 366 g/mol. The Morgan fingerprint density at radius 2 is 1.73 bits per heavy atom. The highest BCUT2D eigenvalue weighted by molar-refractivity contribution is 7.90. The lowest BCUT2D eigenvalue weighted by Crippen LogP contribution is -2.14. The van der Waals surface area contributed by atoms with Crippen LogP contribution in [0.25, 0.3) is 0 Å². The van der Waals surface area contributed by atoms with Crippen LogP contribution in [-0.4, -0.2) is 19.3 Å². The van der Waals surface area contributed by atoms with Crippen LogP contribution in [0, 0.1) is 6.92 Å². The second kappa shape index (κ2) is 7.49. The molecule has 0 unspecified atom stereocenters. The van der Waals surface area contributed by atoms with Crippen molar-refractivity contribution in [2.45, 2.75) is 17.6 Å². The van der Waals surface area contributed by atoms with Crippen LogP contribution in [0.15, 0.2) is 77.8 Å². The molecule has 0 aliphatic heterocycles. The number of aromatic nitrogens is 1. The second-order valence-electron chi connectivity index (χ2n) is 5.88. The number of benzene rings is 2. The number of nitrogens with one attached hydrogen (secondary N) is 1. The molecule has 3 aromatic rings. The van der Waals surface area contributed by atoms with Crippen LogP contribution in [0.3, 0.4) is 0 Å². The highest BCUT2D eigenvalue weighted by atomic mass is 32.2. The highest BCUT2D eigenvalue weighted by Gasteiger charge is 2.20. The van der Waals surface area contributed by atoms with E-state index in [2.05, 4.69) is 10.3 Å². The number of amides is 1. The molecule has 1 N–H and O–H groups in total. The van der Waals surface area contributed by atoms with Crippen LogP contribution in [0.4, 0.5) is 5.69 Å². The number of carbonyl (C=O) groups excluding carboxylic acids is 1. The van der Waals surface area contributed by atoms with Crippen molar-refractivity contribution < 1.29 is 13.2 Å². The van der Waals surface area contributed by atoms with E-state index in [-0.39, 0.29) is 16.6 Å². The quantitative estimate of drug-likeness (QED) is 0.748. The molecule has 0 aliphatic carbocycles. The molecular weight excluding hydrogens is 348 g/mol. The maximum atomic E-state index is 12.8. The van der Waals surface area contributed by atoms with E-state index in [1.165, 1.54) is 6.07 Å². The molecule has 1 heterocycles. The van der Waals surface area contributed by atoms with Crippen molar-refractivity contribution >= 4 is 21.4 Å². The molecule has 0 atom stereocenters. The summed E-state index contributed by atoms with van der Waals surface area (Å²) in [5, 5.41) is 2.76. The first kappa shape index (κ1) is 17.8. The van der Waals surface area contributed by atoms with E-state index in [9.17, 15) is 13.2 Å². The van der Waals surface area contributed by atoms with E-state index in [1.54, 1.807) is 55.6 Å². The van der Waals surface area contributed by atoms with Gasteiger partial charge in [0.1, 0.15) is 0 Å². The molecular formula is C20H18N2O3S. The number of nitrogens with zero attached hydrogens (tertiary/aromatic N) is 1. The molecule has 0 aliphatic rings. The number of aryl methyl sites for hydroxylation is 1. The molecule has 1 amide bonds. The first-order valence-electron chi connectivity index (χ1n) is 8.05. The lowest BCUT2D eigenvalue weighted by molar-refractivity contribution is 0.102. The van der Waals surface area contributed by atoms with Gasteiger partial charge in [0.05, 0.1) is 16.3 Å². The Balaban J connectivity index is 1.88. The van der Waals surface area contributed by atoms with Crippen LogP contribution in [-0.2, 0) is 15.6 Å². The normalized spacial score (nSPS) is 11.1. The number of carbonyl (C=O) groups is 1. The molecule has 0 fully saturated rings. The molecule has 3 rings (SSSR count). The standard InChI is InChI=1S/C20H18N2O3S/c1-15-10-11-16(20(23)22-17-7-3-2-4-8-17)13-19(15)26(24,25)14-18-9-5-6-12-21-18/h2-13H,14H2,1H3,(H,22,23). The lowest BCUT2D eigenvalue weighted by atomic mass is 10.1. The largest absolute Gasteiger partial charge is 0.322 e. The minimum Gasteiger partial charge on any atom is -0.322 e. The van der Waals surface area contributed by atoms with Gasteiger partial charge in [0.2, 0.25) is 0 Å². The molecule has 0 bridgehead atoms. The Morgan fingerprint density at radius 1 is 1.00 bits per heavy atom. The summed E-state index contributed by atoms with van der Waals surface area (Å²) in [7, 11) is -3.62. The molecule has 0 spiro atoms. The molecule has 26 heavy (non-hydrogen) atoms. The Labute approximate surface area is 152 Å². The maximum absolute atomic E-state index is 12.8. The molecule has 1 aromatic heterocycles. The van der Waals surface area contributed by atoms with E-state index in [0.717, 1.165) is 0 Å². The average molecular weight is 366 g/mol. The Kier molecular flexibility index (Phi) is 5.14. The lowest BCUT2D eigenvalue weighted by Gasteiger charge is -2.10. The summed E-state index contributed by atoms with van der Waals surface area (Å²) in [5.74, 6) is -0.566. The van der Waals surface area contributed by atoms with Crippen LogP contribution in [0.2, 0.25) is 0 Å². The fourth-order valence-electron chi connectivity index (χ4n) is 2.56. The fourth-order valence-corrected chi connectivity index (χ4v) is 4.14. The molecule has 0 radical (unpaired) electrons. The zero-order valence-corrected chi connectivity index (χ0v) is 15.0. The number of para-hydroxylation sites is 1. The number of pyridine rings is 1. The minimum atomic E-state index is -3.62. The van der Waals surface area contributed by atoms with Gasteiger partial charge in [-0.05, 0) is 48.9 Å². The van der Waals surface area contributed by atoms with Gasteiger partial charge >= 0.3 is 0 Å². The summed E-state index contributed by atoms with van der Waals surface area (Å²) in [4.78, 5) is 16.7. The number of rotatable bonds is 5.